The molecule has 0 heterocycles. The van der Waals surface area contributed by atoms with Crippen molar-refractivity contribution in [2.75, 3.05) is 7.11 Å². The maximum atomic E-state index is 11.0. The fourth-order valence-corrected chi connectivity index (χ4v) is 0.688. The predicted molar refractivity (Wildman–Crippen MR) is 47.6 cm³/mol. The van der Waals surface area contributed by atoms with Gasteiger partial charge >= 0.3 is 5.97 Å². The maximum Gasteiger partial charge on any atom is 0.341 e. The van der Waals surface area contributed by atoms with Gasteiger partial charge in [-0.1, -0.05) is 6.58 Å². The van der Waals surface area contributed by atoms with E-state index < -0.39 is 5.97 Å². The van der Waals surface area contributed by atoms with E-state index in [1.54, 1.807) is 6.92 Å². The Morgan fingerprint density at radius 1 is 1.58 bits per heavy atom. The number of esters is 1. The molecule has 0 aromatic heterocycles. The number of carbonyl (C=O) groups is 1. The standard InChI is InChI=1S/C8H12N2O2/c1-5(9)7(6(2)10-3)8(11)12-4/h2-3,9H2,1,4H3/b7-5+. The van der Waals surface area contributed by atoms with Gasteiger partial charge in [0.2, 0.25) is 0 Å². The molecule has 0 rings (SSSR count). The molecule has 0 saturated carbocycles. The quantitative estimate of drug-likeness (QED) is 0.290. The molecule has 0 aliphatic heterocycles. The van der Waals surface area contributed by atoms with Gasteiger partial charge in [0.15, 0.2) is 0 Å². The summed E-state index contributed by atoms with van der Waals surface area (Å²) in [7, 11) is 1.27. The number of hydrogen-bond donors (Lipinski definition) is 1. The van der Waals surface area contributed by atoms with Crippen LogP contribution in [-0.4, -0.2) is 19.8 Å². The van der Waals surface area contributed by atoms with Crippen LogP contribution in [0.2, 0.25) is 0 Å². The molecule has 0 amide bonds. The van der Waals surface area contributed by atoms with E-state index in [2.05, 4.69) is 23.0 Å². The monoisotopic (exact) mass is 168 g/mol. The number of ether oxygens (including phenoxy) is 1. The Bertz CT molecular complexity index is 250. The molecule has 2 N–H and O–H groups in total. The van der Waals surface area contributed by atoms with Crippen molar-refractivity contribution in [1.82, 2.24) is 0 Å². The van der Waals surface area contributed by atoms with E-state index in [4.69, 9.17) is 5.73 Å². The van der Waals surface area contributed by atoms with Crippen LogP contribution >= 0.6 is 0 Å². The Morgan fingerprint density at radius 2 is 2.08 bits per heavy atom. The molecule has 0 aromatic carbocycles. The summed E-state index contributed by atoms with van der Waals surface area (Å²) < 4.78 is 4.47. The zero-order valence-corrected chi connectivity index (χ0v) is 7.26. The lowest BCUT2D eigenvalue weighted by Crippen LogP contribution is -2.11. The van der Waals surface area contributed by atoms with Gasteiger partial charge in [-0.25, -0.2) is 4.79 Å². The molecule has 0 unspecified atom stereocenters. The fourth-order valence-electron chi connectivity index (χ4n) is 0.688. The third kappa shape index (κ3) is 2.23. The minimum atomic E-state index is -0.549. The van der Waals surface area contributed by atoms with Crippen molar-refractivity contribution in [2.24, 2.45) is 10.7 Å². The molecule has 0 atom stereocenters. The SMILES string of the molecule is C=NC(=C)/C(C(=O)OC)=C(/C)N. The van der Waals surface area contributed by atoms with Crippen molar-refractivity contribution >= 4 is 12.7 Å². The highest BCUT2D eigenvalue weighted by Crippen LogP contribution is 2.12. The molecule has 0 fully saturated rings. The second-order valence-electron chi connectivity index (χ2n) is 2.15. The van der Waals surface area contributed by atoms with Gasteiger partial charge < -0.3 is 10.5 Å². The van der Waals surface area contributed by atoms with Gasteiger partial charge in [-0.05, 0) is 13.6 Å². The zero-order valence-electron chi connectivity index (χ0n) is 7.26. The minimum absolute atomic E-state index is 0.174. The van der Waals surface area contributed by atoms with Crippen LogP contribution in [0.5, 0.6) is 0 Å². The molecule has 0 spiro atoms. The summed E-state index contributed by atoms with van der Waals surface area (Å²) in [6.45, 7) is 8.30. The molecule has 12 heavy (non-hydrogen) atoms. The van der Waals surface area contributed by atoms with Crippen LogP contribution in [0.4, 0.5) is 0 Å². The Hall–Kier alpha value is -1.58. The van der Waals surface area contributed by atoms with Crippen molar-refractivity contribution in [3.05, 3.63) is 23.5 Å². The summed E-state index contributed by atoms with van der Waals surface area (Å²) in [6, 6.07) is 0. The highest BCUT2D eigenvalue weighted by atomic mass is 16.5. The smallest absolute Gasteiger partial charge is 0.341 e. The van der Waals surface area contributed by atoms with E-state index in [9.17, 15) is 4.79 Å². The van der Waals surface area contributed by atoms with Gasteiger partial charge in [-0.3, -0.25) is 4.99 Å². The summed E-state index contributed by atoms with van der Waals surface area (Å²) in [6.07, 6.45) is 0. The van der Waals surface area contributed by atoms with Gasteiger partial charge in [0.05, 0.1) is 12.8 Å². The number of aliphatic imine (C=N–C) groups is 1. The first-order valence-electron chi connectivity index (χ1n) is 3.25. The number of allylic oxidation sites excluding steroid dienone is 1. The Balaban J connectivity index is 4.95. The van der Waals surface area contributed by atoms with Gasteiger partial charge in [-0.15, -0.1) is 0 Å². The summed E-state index contributed by atoms with van der Waals surface area (Å²) in [4.78, 5) is 14.5. The maximum absolute atomic E-state index is 11.0. The number of carbonyl (C=O) groups excluding carboxylic acids is 1. The minimum Gasteiger partial charge on any atom is -0.465 e. The van der Waals surface area contributed by atoms with E-state index in [-0.39, 0.29) is 11.3 Å². The summed E-state index contributed by atoms with van der Waals surface area (Å²) >= 11 is 0. The van der Waals surface area contributed by atoms with E-state index in [1.807, 2.05) is 0 Å². The van der Waals surface area contributed by atoms with Crippen molar-refractivity contribution < 1.29 is 9.53 Å². The summed E-state index contributed by atoms with van der Waals surface area (Å²) in [5.41, 5.74) is 6.14. The highest BCUT2D eigenvalue weighted by molar-refractivity contribution is 5.93. The third-order valence-corrected chi connectivity index (χ3v) is 1.26. The van der Waals surface area contributed by atoms with Crippen LogP contribution in [0, 0.1) is 0 Å². The van der Waals surface area contributed by atoms with Crippen LogP contribution in [0.25, 0.3) is 0 Å². The topological polar surface area (TPSA) is 64.7 Å². The van der Waals surface area contributed by atoms with Crippen molar-refractivity contribution in [3.63, 3.8) is 0 Å². The molecule has 66 valence electrons. The Labute approximate surface area is 71.4 Å². The van der Waals surface area contributed by atoms with E-state index in [0.29, 0.717) is 5.70 Å². The van der Waals surface area contributed by atoms with Crippen molar-refractivity contribution in [3.8, 4) is 0 Å². The van der Waals surface area contributed by atoms with E-state index in [0.717, 1.165) is 0 Å². The van der Waals surface area contributed by atoms with Gasteiger partial charge in [0.25, 0.3) is 0 Å². The van der Waals surface area contributed by atoms with Crippen LogP contribution in [0.3, 0.4) is 0 Å². The zero-order chi connectivity index (χ0) is 9.72. The van der Waals surface area contributed by atoms with Gasteiger partial charge in [0, 0.05) is 5.70 Å². The number of nitrogens with two attached hydrogens (primary N) is 1. The van der Waals surface area contributed by atoms with Crippen LogP contribution < -0.4 is 5.73 Å². The molecular weight excluding hydrogens is 156 g/mol. The summed E-state index contributed by atoms with van der Waals surface area (Å²) in [5.74, 6) is -0.549. The van der Waals surface area contributed by atoms with Crippen LogP contribution in [-0.2, 0) is 9.53 Å². The number of rotatable bonds is 3. The highest BCUT2D eigenvalue weighted by Gasteiger charge is 2.14. The fraction of sp³-hybridized carbons (Fsp3) is 0.250. The molecule has 0 bridgehead atoms. The molecule has 0 radical (unpaired) electrons. The second kappa shape index (κ2) is 4.33. The normalized spacial score (nSPS) is 11.5. The lowest BCUT2D eigenvalue weighted by atomic mass is 10.2. The molecule has 0 aliphatic carbocycles. The molecule has 0 saturated heterocycles. The van der Waals surface area contributed by atoms with Gasteiger partial charge in [0.1, 0.15) is 5.57 Å². The van der Waals surface area contributed by atoms with Crippen molar-refractivity contribution in [1.29, 1.82) is 0 Å². The average Bonchev–Trinajstić information content (AvgIpc) is 2.03. The van der Waals surface area contributed by atoms with E-state index >= 15 is 0 Å². The lowest BCUT2D eigenvalue weighted by Gasteiger charge is -2.05. The number of nitrogens with zero attached hydrogens (tertiary/aromatic N) is 1. The van der Waals surface area contributed by atoms with Crippen molar-refractivity contribution in [2.45, 2.75) is 6.92 Å². The Kier molecular flexibility index (Phi) is 3.76. The predicted octanol–water partition coefficient (Wildman–Crippen LogP) is 0.606. The molecule has 0 aliphatic rings. The first kappa shape index (κ1) is 10.4. The molecule has 0 aromatic rings. The van der Waals surface area contributed by atoms with E-state index in [1.165, 1.54) is 7.11 Å². The van der Waals surface area contributed by atoms with Gasteiger partial charge in [-0.2, -0.15) is 0 Å². The van der Waals surface area contributed by atoms with Crippen LogP contribution in [0.1, 0.15) is 6.92 Å². The average molecular weight is 168 g/mol. The largest absolute Gasteiger partial charge is 0.465 e. The number of methoxy groups -OCH3 is 1. The molecule has 4 nitrogen and oxygen atoms in total. The number of hydrogen-bond acceptors (Lipinski definition) is 4. The van der Waals surface area contributed by atoms with Crippen LogP contribution in [0.15, 0.2) is 28.5 Å². The Morgan fingerprint density at radius 3 is 2.33 bits per heavy atom. The summed E-state index contributed by atoms with van der Waals surface area (Å²) in [5, 5.41) is 0. The first-order chi connectivity index (χ1) is 5.54. The lowest BCUT2D eigenvalue weighted by molar-refractivity contribution is -0.135. The second-order valence-corrected chi connectivity index (χ2v) is 2.15. The molecular formula is C8H12N2O2. The third-order valence-electron chi connectivity index (χ3n) is 1.26. The first-order valence-corrected chi connectivity index (χ1v) is 3.25. The molecule has 4 heteroatoms.